The minimum Gasteiger partial charge on any atom is -0.448 e. The van der Waals surface area contributed by atoms with Gasteiger partial charge >= 0.3 is 0 Å². The summed E-state index contributed by atoms with van der Waals surface area (Å²) < 4.78 is 18.3. The summed E-state index contributed by atoms with van der Waals surface area (Å²) in [5.74, 6) is 5.64. The Bertz CT molecular complexity index is 486. The Kier molecular flexibility index (Phi) is 3.24. The van der Waals surface area contributed by atoms with Crippen molar-refractivity contribution in [1.29, 1.82) is 0 Å². The van der Waals surface area contributed by atoms with Crippen LogP contribution in [-0.2, 0) is 0 Å². The smallest absolute Gasteiger partial charge is 0.193 e. The molecular formula is C11H10ClFN2O. The highest BCUT2D eigenvalue weighted by molar-refractivity contribution is 6.28. The third kappa shape index (κ3) is 2.24. The van der Waals surface area contributed by atoms with Crippen molar-refractivity contribution in [3.8, 4) is 0 Å². The van der Waals surface area contributed by atoms with Gasteiger partial charge < -0.3 is 4.42 Å². The van der Waals surface area contributed by atoms with Gasteiger partial charge in [0.25, 0.3) is 0 Å². The van der Waals surface area contributed by atoms with Crippen molar-refractivity contribution >= 4 is 11.6 Å². The SMILES string of the molecule is NNC(c1cccc(F)c1)c1ccc(Cl)o1. The highest BCUT2D eigenvalue weighted by Crippen LogP contribution is 2.25. The summed E-state index contributed by atoms with van der Waals surface area (Å²) in [6.45, 7) is 0. The molecule has 1 unspecified atom stereocenters. The van der Waals surface area contributed by atoms with E-state index in [0.29, 0.717) is 11.3 Å². The minimum absolute atomic E-state index is 0.270. The molecule has 0 aliphatic heterocycles. The molecule has 0 amide bonds. The Morgan fingerprint density at radius 2 is 2.12 bits per heavy atom. The largest absolute Gasteiger partial charge is 0.448 e. The Hall–Kier alpha value is -1.36. The van der Waals surface area contributed by atoms with E-state index in [1.54, 1.807) is 24.3 Å². The zero-order valence-electron chi connectivity index (χ0n) is 8.28. The minimum atomic E-state index is -0.414. The Balaban J connectivity index is 2.36. The first kappa shape index (κ1) is 11.1. The van der Waals surface area contributed by atoms with E-state index in [0.717, 1.165) is 0 Å². The molecule has 0 aliphatic carbocycles. The number of furan rings is 1. The monoisotopic (exact) mass is 240 g/mol. The van der Waals surface area contributed by atoms with Crippen LogP contribution in [-0.4, -0.2) is 0 Å². The van der Waals surface area contributed by atoms with Crippen LogP contribution in [0.3, 0.4) is 0 Å². The van der Waals surface area contributed by atoms with Gasteiger partial charge in [-0.15, -0.1) is 0 Å². The van der Waals surface area contributed by atoms with Crippen molar-refractivity contribution in [2.45, 2.75) is 6.04 Å². The van der Waals surface area contributed by atoms with Crippen LogP contribution in [0.2, 0.25) is 5.22 Å². The van der Waals surface area contributed by atoms with Gasteiger partial charge in [-0.3, -0.25) is 5.84 Å². The third-order valence-electron chi connectivity index (χ3n) is 2.23. The maximum atomic E-state index is 13.1. The Labute approximate surface area is 97.0 Å². The number of hydrogen-bond acceptors (Lipinski definition) is 3. The van der Waals surface area contributed by atoms with E-state index in [-0.39, 0.29) is 11.0 Å². The first-order valence-electron chi connectivity index (χ1n) is 4.67. The lowest BCUT2D eigenvalue weighted by Gasteiger charge is -2.13. The predicted molar refractivity (Wildman–Crippen MR) is 59.3 cm³/mol. The molecule has 16 heavy (non-hydrogen) atoms. The van der Waals surface area contributed by atoms with E-state index in [9.17, 15) is 4.39 Å². The molecule has 0 saturated carbocycles. The first-order valence-corrected chi connectivity index (χ1v) is 5.05. The van der Waals surface area contributed by atoms with Gasteiger partial charge in [-0.25, -0.2) is 9.82 Å². The fourth-order valence-electron chi connectivity index (χ4n) is 1.51. The lowest BCUT2D eigenvalue weighted by atomic mass is 10.1. The molecule has 3 nitrogen and oxygen atoms in total. The van der Waals surface area contributed by atoms with Crippen LogP contribution in [0.4, 0.5) is 4.39 Å². The van der Waals surface area contributed by atoms with Gasteiger partial charge in [0.2, 0.25) is 0 Å². The normalized spacial score (nSPS) is 12.7. The fourth-order valence-corrected chi connectivity index (χ4v) is 1.66. The predicted octanol–water partition coefficient (Wildman–Crippen LogP) is 2.62. The Morgan fingerprint density at radius 3 is 2.69 bits per heavy atom. The molecule has 0 radical (unpaired) electrons. The molecule has 0 saturated heterocycles. The molecule has 5 heteroatoms. The summed E-state index contributed by atoms with van der Waals surface area (Å²) in [6, 6.07) is 9.01. The lowest BCUT2D eigenvalue weighted by Crippen LogP contribution is -2.28. The average Bonchev–Trinajstić information content (AvgIpc) is 2.66. The molecule has 0 spiro atoms. The van der Waals surface area contributed by atoms with E-state index in [4.69, 9.17) is 21.9 Å². The van der Waals surface area contributed by atoms with Crippen molar-refractivity contribution in [3.05, 3.63) is 58.8 Å². The summed E-state index contributed by atoms with van der Waals surface area (Å²) >= 11 is 5.67. The molecule has 0 fully saturated rings. The van der Waals surface area contributed by atoms with Crippen LogP contribution in [0.1, 0.15) is 17.4 Å². The van der Waals surface area contributed by atoms with E-state index in [2.05, 4.69) is 5.43 Å². The van der Waals surface area contributed by atoms with Crippen molar-refractivity contribution in [2.75, 3.05) is 0 Å². The van der Waals surface area contributed by atoms with Gasteiger partial charge in [0.1, 0.15) is 17.6 Å². The molecule has 1 atom stereocenters. The zero-order chi connectivity index (χ0) is 11.5. The quantitative estimate of drug-likeness (QED) is 0.641. The van der Waals surface area contributed by atoms with E-state index >= 15 is 0 Å². The van der Waals surface area contributed by atoms with Crippen LogP contribution in [0.5, 0.6) is 0 Å². The number of hydrogen-bond donors (Lipinski definition) is 2. The summed E-state index contributed by atoms with van der Waals surface area (Å²) in [6.07, 6.45) is 0. The molecule has 1 aromatic heterocycles. The Morgan fingerprint density at radius 1 is 1.31 bits per heavy atom. The average molecular weight is 241 g/mol. The first-order chi connectivity index (χ1) is 7.70. The third-order valence-corrected chi connectivity index (χ3v) is 2.43. The van der Waals surface area contributed by atoms with Gasteiger partial charge in [-0.05, 0) is 41.4 Å². The van der Waals surface area contributed by atoms with Crippen molar-refractivity contribution in [2.24, 2.45) is 5.84 Å². The van der Waals surface area contributed by atoms with Gasteiger partial charge in [0, 0.05) is 0 Å². The zero-order valence-corrected chi connectivity index (χ0v) is 9.04. The molecular weight excluding hydrogens is 231 g/mol. The maximum Gasteiger partial charge on any atom is 0.193 e. The molecule has 0 bridgehead atoms. The maximum absolute atomic E-state index is 13.1. The molecule has 3 N–H and O–H groups in total. The van der Waals surface area contributed by atoms with Gasteiger partial charge in [-0.1, -0.05) is 12.1 Å². The molecule has 1 aromatic carbocycles. The highest BCUT2D eigenvalue weighted by atomic mass is 35.5. The number of halogens is 2. The van der Waals surface area contributed by atoms with Crippen molar-refractivity contribution in [1.82, 2.24) is 5.43 Å². The molecule has 0 aliphatic rings. The van der Waals surface area contributed by atoms with Crippen LogP contribution >= 0.6 is 11.6 Å². The van der Waals surface area contributed by atoms with Crippen molar-refractivity contribution in [3.63, 3.8) is 0 Å². The van der Waals surface area contributed by atoms with Crippen LogP contribution < -0.4 is 11.3 Å². The summed E-state index contributed by atoms with van der Waals surface area (Å²) in [7, 11) is 0. The fraction of sp³-hybridized carbons (Fsp3) is 0.0909. The summed E-state index contributed by atoms with van der Waals surface area (Å²) in [5.41, 5.74) is 3.23. The molecule has 2 aromatic rings. The second-order valence-corrected chi connectivity index (χ2v) is 3.67. The van der Waals surface area contributed by atoms with Gasteiger partial charge in [0.05, 0.1) is 0 Å². The van der Waals surface area contributed by atoms with E-state index in [1.807, 2.05) is 0 Å². The van der Waals surface area contributed by atoms with Crippen molar-refractivity contribution < 1.29 is 8.81 Å². The topological polar surface area (TPSA) is 51.2 Å². The van der Waals surface area contributed by atoms with E-state index < -0.39 is 6.04 Å². The second-order valence-electron chi connectivity index (χ2n) is 3.30. The lowest BCUT2D eigenvalue weighted by molar-refractivity contribution is 0.452. The standard InChI is InChI=1S/C11H10ClFN2O/c12-10-5-4-9(16-10)11(15-14)7-2-1-3-8(13)6-7/h1-6,11,15H,14H2. The van der Waals surface area contributed by atoms with Crippen LogP contribution in [0, 0.1) is 5.82 Å². The number of rotatable bonds is 3. The van der Waals surface area contributed by atoms with Gasteiger partial charge in [-0.2, -0.15) is 0 Å². The molecule has 1 heterocycles. The molecule has 2 rings (SSSR count). The second kappa shape index (κ2) is 4.65. The van der Waals surface area contributed by atoms with E-state index in [1.165, 1.54) is 12.1 Å². The number of hydrazine groups is 1. The van der Waals surface area contributed by atoms with Crippen LogP contribution in [0.15, 0.2) is 40.8 Å². The van der Waals surface area contributed by atoms with Gasteiger partial charge in [0.15, 0.2) is 5.22 Å². The number of benzene rings is 1. The summed E-state index contributed by atoms with van der Waals surface area (Å²) in [5, 5.41) is 0.270. The number of nitrogens with two attached hydrogens (primary N) is 1. The number of nitrogens with one attached hydrogen (secondary N) is 1. The summed E-state index contributed by atoms with van der Waals surface area (Å²) in [4.78, 5) is 0. The van der Waals surface area contributed by atoms with Crippen LogP contribution in [0.25, 0.3) is 0 Å². The molecule has 84 valence electrons. The highest BCUT2D eigenvalue weighted by Gasteiger charge is 2.16.